The first-order valence-corrected chi connectivity index (χ1v) is 13.0. The molecule has 34 heavy (non-hydrogen) atoms. The van der Waals surface area contributed by atoms with E-state index in [9.17, 15) is 14.4 Å². The predicted molar refractivity (Wildman–Crippen MR) is 134 cm³/mol. The van der Waals surface area contributed by atoms with Crippen molar-refractivity contribution in [1.29, 1.82) is 0 Å². The van der Waals surface area contributed by atoms with Crippen LogP contribution >= 0.6 is 11.3 Å². The van der Waals surface area contributed by atoms with Crippen LogP contribution in [0.4, 0.5) is 0 Å². The van der Waals surface area contributed by atoms with E-state index in [1.165, 1.54) is 16.9 Å². The molecule has 3 aromatic rings. The maximum atomic E-state index is 13.4. The molecular formula is C26H30N4O3S. The Kier molecular flexibility index (Phi) is 6.25. The summed E-state index contributed by atoms with van der Waals surface area (Å²) in [5.41, 5.74) is 2.61. The van der Waals surface area contributed by atoms with Crippen molar-refractivity contribution in [2.75, 3.05) is 26.2 Å². The average molecular weight is 479 g/mol. The first-order chi connectivity index (χ1) is 16.5. The zero-order chi connectivity index (χ0) is 23.8. The van der Waals surface area contributed by atoms with Gasteiger partial charge in [0.15, 0.2) is 0 Å². The number of benzene rings is 1. The number of carbonyl (C=O) groups excluding carboxylic acids is 2. The normalized spacial score (nSPS) is 16.4. The van der Waals surface area contributed by atoms with E-state index in [4.69, 9.17) is 4.98 Å². The van der Waals surface area contributed by atoms with Gasteiger partial charge in [-0.1, -0.05) is 25.5 Å². The van der Waals surface area contributed by atoms with Crippen LogP contribution in [0.15, 0.2) is 29.1 Å². The molecular weight excluding hydrogens is 448 g/mol. The summed E-state index contributed by atoms with van der Waals surface area (Å²) in [5.74, 6) is 0.778. The van der Waals surface area contributed by atoms with Gasteiger partial charge in [-0.3, -0.25) is 19.0 Å². The SMILES string of the molecule is CCc1ccc(C(=O)N2CCN(C(=O)c3sc4nc5n(c(=O)c4c3C)CCCCC5)CC2)cc1. The lowest BCUT2D eigenvalue weighted by atomic mass is 10.1. The van der Waals surface area contributed by atoms with E-state index in [1.54, 1.807) is 9.47 Å². The number of aryl methyl sites for hydroxylation is 3. The Morgan fingerprint density at radius 3 is 2.29 bits per heavy atom. The molecule has 0 N–H and O–H groups in total. The molecule has 4 heterocycles. The second-order valence-electron chi connectivity index (χ2n) is 9.17. The van der Waals surface area contributed by atoms with Crippen LogP contribution in [0, 0.1) is 6.92 Å². The van der Waals surface area contributed by atoms with E-state index < -0.39 is 0 Å². The fourth-order valence-corrected chi connectivity index (χ4v) is 6.09. The third-order valence-electron chi connectivity index (χ3n) is 7.07. The van der Waals surface area contributed by atoms with Gasteiger partial charge in [-0.15, -0.1) is 11.3 Å². The maximum Gasteiger partial charge on any atom is 0.264 e. The van der Waals surface area contributed by atoms with E-state index in [0.717, 1.165) is 43.5 Å². The van der Waals surface area contributed by atoms with E-state index in [0.29, 0.717) is 53.4 Å². The van der Waals surface area contributed by atoms with E-state index >= 15 is 0 Å². The largest absolute Gasteiger partial charge is 0.335 e. The van der Waals surface area contributed by atoms with Gasteiger partial charge in [0.1, 0.15) is 10.7 Å². The lowest BCUT2D eigenvalue weighted by Crippen LogP contribution is -2.50. The monoisotopic (exact) mass is 478 g/mol. The van der Waals surface area contributed by atoms with Gasteiger partial charge in [-0.2, -0.15) is 0 Å². The minimum absolute atomic E-state index is 0.00603. The van der Waals surface area contributed by atoms with Crippen LogP contribution in [-0.2, 0) is 19.4 Å². The molecule has 1 saturated heterocycles. The zero-order valence-electron chi connectivity index (χ0n) is 19.8. The zero-order valence-corrected chi connectivity index (χ0v) is 20.6. The van der Waals surface area contributed by atoms with Crippen LogP contribution in [0.3, 0.4) is 0 Å². The quantitative estimate of drug-likeness (QED) is 0.576. The first kappa shape index (κ1) is 22.8. The number of hydrogen-bond acceptors (Lipinski definition) is 5. The summed E-state index contributed by atoms with van der Waals surface area (Å²) >= 11 is 1.33. The third-order valence-corrected chi connectivity index (χ3v) is 8.24. The highest BCUT2D eigenvalue weighted by molar-refractivity contribution is 7.20. The molecule has 7 nitrogen and oxygen atoms in total. The van der Waals surface area contributed by atoms with Gasteiger partial charge in [0, 0.05) is 44.7 Å². The number of amides is 2. The Balaban J connectivity index is 1.33. The highest BCUT2D eigenvalue weighted by atomic mass is 32.1. The molecule has 0 spiro atoms. The van der Waals surface area contributed by atoms with Gasteiger partial charge in [-0.25, -0.2) is 4.98 Å². The lowest BCUT2D eigenvalue weighted by Gasteiger charge is -2.34. The van der Waals surface area contributed by atoms with Crippen LogP contribution in [0.2, 0.25) is 0 Å². The molecule has 2 aromatic heterocycles. The maximum absolute atomic E-state index is 13.4. The first-order valence-electron chi connectivity index (χ1n) is 12.2. The molecule has 178 valence electrons. The Morgan fingerprint density at radius 2 is 1.62 bits per heavy atom. The number of thiophene rings is 1. The lowest BCUT2D eigenvalue weighted by molar-refractivity contribution is 0.0538. The molecule has 1 aromatic carbocycles. The highest BCUT2D eigenvalue weighted by Gasteiger charge is 2.29. The Bertz CT molecular complexity index is 1300. The van der Waals surface area contributed by atoms with Crippen molar-refractivity contribution in [2.45, 2.75) is 52.5 Å². The summed E-state index contributed by atoms with van der Waals surface area (Å²) < 4.78 is 1.81. The van der Waals surface area contributed by atoms with E-state index in [-0.39, 0.29) is 17.4 Å². The summed E-state index contributed by atoms with van der Waals surface area (Å²) in [5, 5.41) is 0.586. The Hall–Kier alpha value is -3.00. The summed E-state index contributed by atoms with van der Waals surface area (Å²) in [6, 6.07) is 7.75. The summed E-state index contributed by atoms with van der Waals surface area (Å²) in [6.45, 7) is 6.61. The number of piperazine rings is 1. The Labute approximate surface area is 203 Å². The molecule has 2 aliphatic heterocycles. The number of aromatic nitrogens is 2. The third kappa shape index (κ3) is 4.04. The summed E-state index contributed by atoms with van der Waals surface area (Å²) in [4.78, 5) is 49.1. The van der Waals surface area contributed by atoms with Crippen molar-refractivity contribution >= 4 is 33.4 Å². The van der Waals surface area contributed by atoms with Gasteiger partial charge < -0.3 is 9.80 Å². The second-order valence-corrected chi connectivity index (χ2v) is 10.2. The minimum Gasteiger partial charge on any atom is -0.335 e. The predicted octanol–water partition coefficient (Wildman–Crippen LogP) is 3.65. The topological polar surface area (TPSA) is 75.5 Å². The summed E-state index contributed by atoms with van der Waals surface area (Å²) in [6.07, 6.45) is 4.89. The van der Waals surface area contributed by atoms with Crippen LogP contribution in [0.1, 0.15) is 63.2 Å². The molecule has 2 aliphatic rings. The number of nitrogens with zero attached hydrogens (tertiary/aromatic N) is 4. The fraction of sp³-hybridized carbons (Fsp3) is 0.462. The molecule has 2 amide bonds. The molecule has 1 fully saturated rings. The van der Waals surface area contributed by atoms with Crippen molar-refractivity contribution < 1.29 is 9.59 Å². The van der Waals surface area contributed by atoms with Crippen LogP contribution < -0.4 is 5.56 Å². The van der Waals surface area contributed by atoms with Crippen molar-refractivity contribution in [3.63, 3.8) is 0 Å². The van der Waals surface area contributed by atoms with Crippen LogP contribution in [-0.4, -0.2) is 57.3 Å². The van der Waals surface area contributed by atoms with Gasteiger partial charge in [0.25, 0.3) is 17.4 Å². The Morgan fingerprint density at radius 1 is 0.941 bits per heavy atom. The van der Waals surface area contributed by atoms with Gasteiger partial charge in [0.05, 0.1) is 10.3 Å². The summed E-state index contributed by atoms with van der Waals surface area (Å²) in [7, 11) is 0. The van der Waals surface area contributed by atoms with Crippen LogP contribution in [0.5, 0.6) is 0 Å². The standard InChI is InChI=1S/C26H30N4O3S/c1-3-18-8-10-19(11-9-18)24(31)28-13-15-29(16-14-28)26(33)22-17(2)21-23(34-22)27-20-7-5-4-6-12-30(20)25(21)32/h8-11H,3-7,12-16H2,1-2H3. The smallest absolute Gasteiger partial charge is 0.264 e. The van der Waals surface area contributed by atoms with Crippen molar-refractivity contribution in [1.82, 2.24) is 19.4 Å². The molecule has 0 bridgehead atoms. The van der Waals surface area contributed by atoms with E-state index in [1.807, 2.05) is 36.1 Å². The van der Waals surface area contributed by atoms with Crippen molar-refractivity contribution in [3.05, 3.63) is 62.0 Å². The molecule has 0 saturated carbocycles. The van der Waals surface area contributed by atoms with Gasteiger partial charge in [-0.05, 0) is 49.4 Å². The fourth-order valence-electron chi connectivity index (χ4n) is 4.94. The highest BCUT2D eigenvalue weighted by Crippen LogP contribution is 2.30. The molecule has 0 radical (unpaired) electrons. The van der Waals surface area contributed by atoms with Gasteiger partial charge in [0.2, 0.25) is 0 Å². The molecule has 0 unspecified atom stereocenters. The molecule has 5 rings (SSSR count). The number of carbonyl (C=O) groups is 2. The van der Waals surface area contributed by atoms with Crippen LogP contribution in [0.25, 0.3) is 10.2 Å². The second kappa shape index (κ2) is 9.33. The number of fused-ring (bicyclic) bond motifs is 2. The van der Waals surface area contributed by atoms with E-state index in [2.05, 4.69) is 6.92 Å². The molecule has 0 aliphatic carbocycles. The molecule has 0 atom stereocenters. The van der Waals surface area contributed by atoms with Crippen molar-refractivity contribution in [2.24, 2.45) is 0 Å². The molecule has 8 heteroatoms. The number of hydrogen-bond donors (Lipinski definition) is 0. The number of rotatable bonds is 3. The average Bonchev–Trinajstić information content (AvgIpc) is 3.03. The minimum atomic E-state index is -0.0699. The van der Waals surface area contributed by atoms with Gasteiger partial charge >= 0.3 is 0 Å². The van der Waals surface area contributed by atoms with Crippen molar-refractivity contribution in [3.8, 4) is 0 Å².